The van der Waals surface area contributed by atoms with Crippen molar-refractivity contribution >= 4 is 6.08 Å². The first-order valence-corrected chi connectivity index (χ1v) is 4.47. The number of rotatable bonds is 3. The number of aliphatic imine (C=N–C) groups is 1. The van der Waals surface area contributed by atoms with Crippen LogP contribution in [0.1, 0.15) is 25.3 Å². The molecule has 0 saturated heterocycles. The number of hydrogen-bond acceptors (Lipinski definition) is 2. The minimum absolute atomic E-state index is 0.0945. The van der Waals surface area contributed by atoms with Crippen LogP contribution >= 0.6 is 0 Å². The van der Waals surface area contributed by atoms with Crippen molar-refractivity contribution in [3.05, 3.63) is 35.6 Å². The highest BCUT2D eigenvalue weighted by molar-refractivity contribution is 5.34. The van der Waals surface area contributed by atoms with E-state index in [1.165, 1.54) is 18.2 Å². The lowest BCUT2D eigenvalue weighted by Crippen LogP contribution is -2.09. The van der Waals surface area contributed by atoms with Crippen molar-refractivity contribution in [1.29, 1.82) is 0 Å². The molecule has 1 aromatic rings. The maximum Gasteiger partial charge on any atom is 0.235 e. The second-order valence-corrected chi connectivity index (χ2v) is 3.30. The summed E-state index contributed by atoms with van der Waals surface area (Å²) in [4.78, 5) is 13.7. The molecule has 0 amide bonds. The van der Waals surface area contributed by atoms with Gasteiger partial charge in [0.15, 0.2) is 0 Å². The minimum atomic E-state index is -0.257. The fraction of sp³-hybridized carbons (Fsp3) is 0.364. The van der Waals surface area contributed by atoms with Gasteiger partial charge in [-0.25, -0.2) is 14.2 Å². The lowest BCUT2D eigenvalue weighted by atomic mass is 9.95. The fourth-order valence-corrected chi connectivity index (χ4v) is 1.24. The summed E-state index contributed by atoms with van der Waals surface area (Å²) in [6.45, 7) is 3.78. The lowest BCUT2D eigenvalue weighted by Gasteiger charge is -2.14. The normalized spacial score (nSPS) is 14.2. The second-order valence-electron chi connectivity index (χ2n) is 3.30. The first kappa shape index (κ1) is 10.6. The molecule has 0 fully saturated rings. The quantitative estimate of drug-likeness (QED) is 0.536. The molecule has 0 aliphatic rings. The van der Waals surface area contributed by atoms with E-state index in [1.807, 2.05) is 13.8 Å². The summed E-state index contributed by atoms with van der Waals surface area (Å²) in [6, 6.07) is 6.10. The molecule has 74 valence electrons. The Bertz CT molecular complexity index is 341. The van der Waals surface area contributed by atoms with E-state index in [1.54, 1.807) is 12.1 Å². The molecule has 0 aromatic heterocycles. The van der Waals surface area contributed by atoms with E-state index in [9.17, 15) is 9.18 Å². The summed E-state index contributed by atoms with van der Waals surface area (Å²) < 4.78 is 12.6. The highest BCUT2D eigenvalue weighted by Gasteiger charge is 2.12. The second kappa shape index (κ2) is 4.68. The molecule has 2 unspecified atom stereocenters. The first-order valence-electron chi connectivity index (χ1n) is 4.47. The van der Waals surface area contributed by atoms with Crippen molar-refractivity contribution in [3.63, 3.8) is 0 Å². The zero-order valence-corrected chi connectivity index (χ0v) is 8.20. The number of halogens is 1. The third-order valence-corrected chi connectivity index (χ3v) is 2.38. The molecule has 3 heteroatoms. The average molecular weight is 193 g/mol. The topological polar surface area (TPSA) is 29.4 Å². The van der Waals surface area contributed by atoms with Gasteiger partial charge in [-0.05, 0) is 24.6 Å². The van der Waals surface area contributed by atoms with Crippen LogP contribution in [0.3, 0.4) is 0 Å². The van der Waals surface area contributed by atoms with Crippen LogP contribution in [0.4, 0.5) is 4.39 Å². The van der Waals surface area contributed by atoms with Crippen LogP contribution in [0.25, 0.3) is 0 Å². The molecule has 0 aliphatic carbocycles. The molecular formula is C11H12FNO. The highest BCUT2D eigenvalue weighted by Crippen LogP contribution is 2.20. The molecule has 2 nitrogen and oxygen atoms in total. The molecule has 14 heavy (non-hydrogen) atoms. The summed E-state index contributed by atoms with van der Waals surface area (Å²) in [5.41, 5.74) is 0.970. The van der Waals surface area contributed by atoms with E-state index in [2.05, 4.69) is 4.99 Å². The van der Waals surface area contributed by atoms with Crippen molar-refractivity contribution in [3.8, 4) is 0 Å². The zero-order chi connectivity index (χ0) is 10.6. The molecule has 1 aromatic carbocycles. The molecule has 0 heterocycles. The van der Waals surface area contributed by atoms with Crippen LogP contribution in [0.5, 0.6) is 0 Å². The molecule has 1 rings (SSSR count). The van der Waals surface area contributed by atoms with Crippen LogP contribution in [-0.4, -0.2) is 12.1 Å². The summed E-state index contributed by atoms with van der Waals surface area (Å²) in [5, 5.41) is 0. The first-order chi connectivity index (χ1) is 6.65. The summed E-state index contributed by atoms with van der Waals surface area (Å²) in [7, 11) is 0. The van der Waals surface area contributed by atoms with Crippen LogP contribution in [-0.2, 0) is 4.79 Å². The standard InChI is InChI=1S/C11H12FNO/c1-8(9(2)13-7-14)10-3-5-11(12)6-4-10/h3-6,8-9H,1-2H3. The van der Waals surface area contributed by atoms with Crippen LogP contribution < -0.4 is 0 Å². The Morgan fingerprint density at radius 2 is 1.86 bits per heavy atom. The minimum Gasteiger partial charge on any atom is -0.211 e. The van der Waals surface area contributed by atoms with E-state index in [0.717, 1.165) is 5.56 Å². The third-order valence-electron chi connectivity index (χ3n) is 2.38. The molecule has 0 radical (unpaired) electrons. The van der Waals surface area contributed by atoms with Gasteiger partial charge >= 0.3 is 0 Å². The summed E-state index contributed by atoms with van der Waals surface area (Å²) >= 11 is 0. The van der Waals surface area contributed by atoms with Crippen molar-refractivity contribution in [2.45, 2.75) is 25.8 Å². The van der Waals surface area contributed by atoms with Crippen LogP contribution in [0.15, 0.2) is 29.3 Å². The van der Waals surface area contributed by atoms with Crippen molar-refractivity contribution in [2.24, 2.45) is 4.99 Å². The molecule has 0 aliphatic heterocycles. The van der Waals surface area contributed by atoms with E-state index in [0.29, 0.717) is 0 Å². The SMILES string of the molecule is CC(N=C=O)C(C)c1ccc(F)cc1. The van der Waals surface area contributed by atoms with Crippen molar-refractivity contribution < 1.29 is 9.18 Å². The van der Waals surface area contributed by atoms with Gasteiger partial charge in [0.25, 0.3) is 0 Å². The molecule has 0 bridgehead atoms. The fourth-order valence-electron chi connectivity index (χ4n) is 1.24. The van der Waals surface area contributed by atoms with Gasteiger partial charge in [0.1, 0.15) is 5.82 Å². The Hall–Kier alpha value is -1.47. The zero-order valence-electron chi connectivity index (χ0n) is 8.20. The smallest absolute Gasteiger partial charge is 0.211 e. The van der Waals surface area contributed by atoms with Crippen molar-refractivity contribution in [2.75, 3.05) is 0 Å². The van der Waals surface area contributed by atoms with Gasteiger partial charge in [-0.1, -0.05) is 19.1 Å². The van der Waals surface area contributed by atoms with Gasteiger partial charge in [-0.15, -0.1) is 0 Å². The van der Waals surface area contributed by atoms with Gasteiger partial charge in [-0.3, -0.25) is 0 Å². The lowest BCUT2D eigenvalue weighted by molar-refractivity contribution is 0.548. The summed E-state index contributed by atoms with van der Waals surface area (Å²) in [5.74, 6) is -0.162. The van der Waals surface area contributed by atoms with Crippen molar-refractivity contribution in [1.82, 2.24) is 0 Å². The maximum atomic E-state index is 12.6. The number of isocyanates is 1. The van der Waals surface area contributed by atoms with Gasteiger partial charge in [0, 0.05) is 5.92 Å². The predicted octanol–water partition coefficient (Wildman–Crippen LogP) is 2.65. The van der Waals surface area contributed by atoms with E-state index in [4.69, 9.17) is 0 Å². The third kappa shape index (κ3) is 2.51. The number of carbonyl (C=O) groups excluding carboxylic acids is 1. The largest absolute Gasteiger partial charge is 0.235 e. The Morgan fingerprint density at radius 3 is 2.36 bits per heavy atom. The van der Waals surface area contributed by atoms with Gasteiger partial charge < -0.3 is 0 Å². The molecule has 2 atom stereocenters. The predicted molar refractivity (Wildman–Crippen MR) is 52.4 cm³/mol. The van der Waals surface area contributed by atoms with E-state index >= 15 is 0 Å². The Morgan fingerprint density at radius 1 is 1.29 bits per heavy atom. The Labute approximate surface area is 82.5 Å². The van der Waals surface area contributed by atoms with Gasteiger partial charge in [0.05, 0.1) is 6.04 Å². The van der Waals surface area contributed by atoms with E-state index in [-0.39, 0.29) is 17.8 Å². The summed E-state index contributed by atoms with van der Waals surface area (Å²) in [6.07, 6.45) is 1.53. The van der Waals surface area contributed by atoms with Crippen LogP contribution in [0.2, 0.25) is 0 Å². The number of hydrogen-bond donors (Lipinski definition) is 0. The Balaban J connectivity index is 2.83. The van der Waals surface area contributed by atoms with Crippen LogP contribution in [0, 0.1) is 5.82 Å². The maximum absolute atomic E-state index is 12.6. The molecule has 0 N–H and O–H groups in total. The average Bonchev–Trinajstić information content (AvgIpc) is 2.18. The number of nitrogens with zero attached hydrogens (tertiary/aromatic N) is 1. The highest BCUT2D eigenvalue weighted by atomic mass is 19.1. The molecule has 0 saturated carbocycles. The van der Waals surface area contributed by atoms with E-state index < -0.39 is 0 Å². The molecule has 0 spiro atoms. The monoisotopic (exact) mass is 193 g/mol. The van der Waals surface area contributed by atoms with Gasteiger partial charge in [-0.2, -0.15) is 0 Å². The molecular weight excluding hydrogens is 181 g/mol. The Kier molecular flexibility index (Phi) is 3.55. The number of benzene rings is 1. The van der Waals surface area contributed by atoms with Gasteiger partial charge in [0.2, 0.25) is 6.08 Å².